The predicted octanol–water partition coefficient (Wildman–Crippen LogP) is 5.12. The highest BCUT2D eigenvalue weighted by molar-refractivity contribution is 5.75. The first kappa shape index (κ1) is 25.1. The lowest BCUT2D eigenvalue weighted by Crippen LogP contribution is -2.22. The average molecular weight is 442 g/mol. The minimum atomic E-state index is -0.0233. The number of rotatable bonds is 12. The number of carbonyl (C=O) groups excluding carboxylic acids is 1. The van der Waals surface area contributed by atoms with Crippen LogP contribution >= 0.6 is 0 Å². The number of allylic oxidation sites excluding steroid dienone is 2. The van der Waals surface area contributed by atoms with Gasteiger partial charge in [0.2, 0.25) is 5.91 Å². The summed E-state index contributed by atoms with van der Waals surface area (Å²) in [7, 11) is 3.05. The lowest BCUT2D eigenvalue weighted by molar-refractivity contribution is -0.121. The molecule has 0 unspecified atom stereocenters. The van der Waals surface area contributed by atoms with Crippen LogP contribution in [-0.4, -0.2) is 30.3 Å². The van der Waals surface area contributed by atoms with Crippen molar-refractivity contribution >= 4 is 5.91 Å². The van der Waals surface area contributed by atoms with Crippen molar-refractivity contribution in [1.82, 2.24) is 5.32 Å². The van der Waals surface area contributed by atoms with E-state index in [2.05, 4.69) is 31.3 Å². The van der Waals surface area contributed by atoms with Gasteiger partial charge in [0.15, 0.2) is 23.0 Å². The third-order valence-electron chi connectivity index (χ3n) is 5.23. The number of hydrogen-bond donors (Lipinski definition) is 3. The van der Waals surface area contributed by atoms with E-state index in [0.717, 1.165) is 36.8 Å². The van der Waals surface area contributed by atoms with Gasteiger partial charge in [-0.25, -0.2) is 0 Å². The van der Waals surface area contributed by atoms with E-state index in [1.54, 1.807) is 31.4 Å². The summed E-state index contributed by atoms with van der Waals surface area (Å²) in [5, 5.41) is 22.3. The number of amides is 1. The fraction of sp³-hybridized carbons (Fsp3) is 0.423. The van der Waals surface area contributed by atoms with E-state index in [4.69, 9.17) is 9.47 Å². The largest absolute Gasteiger partial charge is 0.504 e. The van der Waals surface area contributed by atoms with Crippen molar-refractivity contribution in [2.24, 2.45) is 5.41 Å². The molecule has 0 aromatic heterocycles. The highest BCUT2D eigenvalue weighted by Crippen LogP contribution is 2.31. The molecule has 0 saturated heterocycles. The molecule has 3 N–H and O–H groups in total. The Morgan fingerprint density at radius 3 is 2.19 bits per heavy atom. The average Bonchev–Trinajstić information content (AvgIpc) is 2.76. The molecule has 0 spiro atoms. The SMILES string of the molecule is COc1cc(CNC(=O)CCCC/C=C/C(C)(C)Cc2ccc(O)c(OC)c2)ccc1O. The first-order valence-electron chi connectivity index (χ1n) is 10.9. The van der Waals surface area contributed by atoms with E-state index >= 15 is 0 Å². The Labute approximate surface area is 190 Å². The summed E-state index contributed by atoms with van der Waals surface area (Å²) >= 11 is 0. The number of benzene rings is 2. The molecule has 1 amide bonds. The molecule has 32 heavy (non-hydrogen) atoms. The van der Waals surface area contributed by atoms with E-state index in [1.807, 2.05) is 12.1 Å². The number of nitrogens with one attached hydrogen (secondary N) is 1. The first-order valence-corrected chi connectivity index (χ1v) is 10.9. The molecule has 0 saturated carbocycles. The highest BCUT2D eigenvalue weighted by Gasteiger charge is 2.16. The lowest BCUT2D eigenvalue weighted by atomic mass is 9.85. The Morgan fingerprint density at radius 1 is 0.969 bits per heavy atom. The third kappa shape index (κ3) is 8.17. The molecule has 2 rings (SSSR count). The quantitative estimate of drug-likeness (QED) is 0.314. The molecule has 0 aliphatic heterocycles. The molecular weight excluding hydrogens is 406 g/mol. The van der Waals surface area contributed by atoms with Crippen LogP contribution in [-0.2, 0) is 17.8 Å². The zero-order valence-electron chi connectivity index (χ0n) is 19.5. The van der Waals surface area contributed by atoms with Crippen LogP contribution in [0.2, 0.25) is 0 Å². The van der Waals surface area contributed by atoms with Gasteiger partial charge in [-0.1, -0.05) is 38.1 Å². The Balaban J connectivity index is 1.68. The van der Waals surface area contributed by atoms with Crippen LogP contribution in [0.1, 0.15) is 50.7 Å². The number of phenolic OH excluding ortho intramolecular Hbond substituents is 2. The zero-order valence-corrected chi connectivity index (χ0v) is 19.5. The van der Waals surface area contributed by atoms with Gasteiger partial charge >= 0.3 is 0 Å². The van der Waals surface area contributed by atoms with Gasteiger partial charge in [-0.05, 0) is 66.5 Å². The zero-order chi connectivity index (χ0) is 23.6. The van der Waals surface area contributed by atoms with Gasteiger partial charge in [-0.3, -0.25) is 4.79 Å². The van der Waals surface area contributed by atoms with Gasteiger partial charge < -0.3 is 25.0 Å². The standard InChI is InChI=1S/C26H35NO5/c1-26(2,17-19-10-12-21(28)23(15-19)31-3)14-8-6-5-7-9-25(30)27-18-20-11-13-22(29)24(16-20)32-4/h8,10-16,28-29H,5-7,9,17-18H2,1-4H3,(H,27,30)/b14-8+. The van der Waals surface area contributed by atoms with Gasteiger partial charge in [0.05, 0.1) is 14.2 Å². The van der Waals surface area contributed by atoms with Gasteiger partial charge in [-0.2, -0.15) is 0 Å². The molecule has 0 aliphatic rings. The third-order valence-corrected chi connectivity index (χ3v) is 5.23. The fourth-order valence-electron chi connectivity index (χ4n) is 3.49. The minimum Gasteiger partial charge on any atom is -0.504 e. The minimum absolute atomic E-state index is 0.0163. The van der Waals surface area contributed by atoms with Crippen molar-refractivity contribution in [1.29, 1.82) is 0 Å². The summed E-state index contributed by atoms with van der Waals surface area (Å²) < 4.78 is 10.3. The number of phenols is 2. The van der Waals surface area contributed by atoms with E-state index in [9.17, 15) is 15.0 Å². The van der Waals surface area contributed by atoms with Crippen molar-refractivity contribution in [3.63, 3.8) is 0 Å². The monoisotopic (exact) mass is 441 g/mol. The number of ether oxygens (including phenoxy) is 2. The molecular formula is C26H35NO5. The molecule has 0 heterocycles. The smallest absolute Gasteiger partial charge is 0.220 e. The topological polar surface area (TPSA) is 88.0 Å². The maximum Gasteiger partial charge on any atom is 0.220 e. The molecule has 2 aromatic rings. The lowest BCUT2D eigenvalue weighted by Gasteiger charge is -2.21. The maximum absolute atomic E-state index is 12.1. The Hall–Kier alpha value is -3.15. The second-order valence-electron chi connectivity index (χ2n) is 8.60. The summed E-state index contributed by atoms with van der Waals surface area (Å²) in [4.78, 5) is 12.1. The van der Waals surface area contributed by atoms with Crippen LogP contribution in [0.25, 0.3) is 0 Å². The summed E-state index contributed by atoms with van der Waals surface area (Å²) in [5.41, 5.74) is 1.96. The normalized spacial score (nSPS) is 11.5. The van der Waals surface area contributed by atoms with Gasteiger partial charge in [0.1, 0.15) is 0 Å². The van der Waals surface area contributed by atoms with Crippen LogP contribution < -0.4 is 14.8 Å². The Bertz CT molecular complexity index is 920. The Kier molecular flexibility index (Phi) is 9.44. The second kappa shape index (κ2) is 12.0. The van der Waals surface area contributed by atoms with Crippen molar-refractivity contribution in [2.45, 2.75) is 52.5 Å². The van der Waals surface area contributed by atoms with Crippen LogP contribution in [0.4, 0.5) is 0 Å². The van der Waals surface area contributed by atoms with Gasteiger partial charge in [-0.15, -0.1) is 0 Å². The van der Waals surface area contributed by atoms with E-state index in [1.165, 1.54) is 7.11 Å². The highest BCUT2D eigenvalue weighted by atomic mass is 16.5. The van der Waals surface area contributed by atoms with Crippen molar-refractivity contribution in [3.8, 4) is 23.0 Å². The van der Waals surface area contributed by atoms with Crippen molar-refractivity contribution in [3.05, 3.63) is 59.7 Å². The van der Waals surface area contributed by atoms with Crippen LogP contribution in [0.15, 0.2) is 48.6 Å². The number of methoxy groups -OCH3 is 2. The van der Waals surface area contributed by atoms with Crippen molar-refractivity contribution in [2.75, 3.05) is 14.2 Å². The van der Waals surface area contributed by atoms with Crippen molar-refractivity contribution < 1.29 is 24.5 Å². The molecule has 0 bridgehead atoms. The molecule has 0 atom stereocenters. The number of hydrogen-bond acceptors (Lipinski definition) is 5. The fourth-order valence-corrected chi connectivity index (χ4v) is 3.49. The van der Waals surface area contributed by atoms with Crippen LogP contribution in [0.3, 0.4) is 0 Å². The van der Waals surface area contributed by atoms with Gasteiger partial charge in [0, 0.05) is 13.0 Å². The molecule has 174 valence electrons. The molecule has 6 heteroatoms. The second-order valence-corrected chi connectivity index (χ2v) is 8.60. The van der Waals surface area contributed by atoms with Crippen LogP contribution in [0, 0.1) is 5.41 Å². The number of unbranched alkanes of at least 4 members (excludes halogenated alkanes) is 2. The van der Waals surface area contributed by atoms with E-state index in [-0.39, 0.29) is 22.8 Å². The summed E-state index contributed by atoms with van der Waals surface area (Å²) in [6.07, 6.45) is 8.41. The maximum atomic E-state index is 12.1. The number of carbonyl (C=O) groups is 1. The predicted molar refractivity (Wildman–Crippen MR) is 126 cm³/mol. The van der Waals surface area contributed by atoms with Crippen LogP contribution in [0.5, 0.6) is 23.0 Å². The molecule has 0 fully saturated rings. The number of aromatic hydroxyl groups is 2. The molecule has 2 aromatic carbocycles. The Morgan fingerprint density at radius 2 is 1.56 bits per heavy atom. The summed E-state index contributed by atoms with van der Waals surface area (Å²) in [6.45, 7) is 4.76. The first-order chi connectivity index (χ1) is 15.2. The van der Waals surface area contributed by atoms with Gasteiger partial charge in [0.25, 0.3) is 0 Å². The van der Waals surface area contributed by atoms with E-state index in [0.29, 0.717) is 24.5 Å². The molecule has 0 radical (unpaired) electrons. The molecule has 6 nitrogen and oxygen atoms in total. The molecule has 0 aliphatic carbocycles. The summed E-state index contributed by atoms with van der Waals surface area (Å²) in [6, 6.07) is 10.5. The summed E-state index contributed by atoms with van der Waals surface area (Å²) in [5.74, 6) is 1.14. The van der Waals surface area contributed by atoms with E-state index < -0.39 is 0 Å².